The number of amides is 1. The third kappa shape index (κ3) is 4.63. The Bertz CT molecular complexity index is 709. The zero-order chi connectivity index (χ0) is 16.8. The molecule has 4 N–H and O–H groups in total. The number of ether oxygens (including phenoxy) is 1. The van der Waals surface area contributed by atoms with E-state index in [1.54, 1.807) is 29.4 Å². The third-order valence-corrected chi connectivity index (χ3v) is 2.70. The lowest BCUT2D eigenvalue weighted by atomic mass is 10.2. The Morgan fingerprint density at radius 2 is 1.96 bits per heavy atom. The van der Waals surface area contributed by atoms with Crippen LogP contribution in [0.4, 0.5) is 10.7 Å². The van der Waals surface area contributed by atoms with Gasteiger partial charge in [-0.3, -0.25) is 0 Å². The maximum Gasteiger partial charge on any atom is 0.437 e. The van der Waals surface area contributed by atoms with Crippen molar-refractivity contribution in [3.63, 3.8) is 0 Å². The molecule has 23 heavy (non-hydrogen) atoms. The molecule has 2 rings (SSSR count). The standard InChI is InChI=1S/C14H17N7O2/c1-21(2)13-17-6-9(7-18-13)11-5-3-4-10(19-11)8-23-14(22)20-12(15)16/h3-7H,8H2,1-2H3,(H4,15,16,20,22). The number of hydrogen-bond acceptors (Lipinski definition) is 6. The van der Waals surface area contributed by atoms with Gasteiger partial charge in [0.1, 0.15) is 6.61 Å². The van der Waals surface area contributed by atoms with Crippen LogP contribution in [-0.4, -0.2) is 41.1 Å². The highest BCUT2D eigenvalue weighted by atomic mass is 16.5. The summed E-state index contributed by atoms with van der Waals surface area (Å²) < 4.78 is 4.89. The molecule has 0 atom stereocenters. The van der Waals surface area contributed by atoms with Crippen molar-refractivity contribution in [2.24, 2.45) is 16.5 Å². The number of nitrogens with zero attached hydrogens (tertiary/aromatic N) is 5. The van der Waals surface area contributed by atoms with Gasteiger partial charge in [-0.05, 0) is 12.1 Å². The fourth-order valence-electron chi connectivity index (χ4n) is 1.68. The number of nitrogens with two attached hydrogens (primary N) is 2. The van der Waals surface area contributed by atoms with Crippen molar-refractivity contribution < 1.29 is 9.53 Å². The van der Waals surface area contributed by atoms with Crippen LogP contribution in [0.3, 0.4) is 0 Å². The smallest absolute Gasteiger partial charge is 0.437 e. The zero-order valence-corrected chi connectivity index (χ0v) is 12.8. The first-order valence-corrected chi connectivity index (χ1v) is 6.68. The van der Waals surface area contributed by atoms with Crippen LogP contribution in [0.2, 0.25) is 0 Å². The molecule has 0 unspecified atom stereocenters. The van der Waals surface area contributed by atoms with Crippen LogP contribution in [0, 0.1) is 0 Å². The van der Waals surface area contributed by atoms with Gasteiger partial charge in [0.15, 0.2) is 5.96 Å². The second kappa shape index (κ2) is 7.16. The molecule has 0 bridgehead atoms. The summed E-state index contributed by atoms with van der Waals surface area (Å²) in [6, 6.07) is 5.34. The molecule has 2 aromatic heterocycles. The van der Waals surface area contributed by atoms with E-state index in [1.165, 1.54) is 0 Å². The summed E-state index contributed by atoms with van der Waals surface area (Å²) in [4.78, 5) is 29.2. The van der Waals surface area contributed by atoms with E-state index < -0.39 is 6.09 Å². The lowest BCUT2D eigenvalue weighted by Crippen LogP contribution is -2.24. The Kier molecular flexibility index (Phi) is 5.03. The molecule has 1 amide bonds. The number of guanidine groups is 1. The second-order valence-corrected chi connectivity index (χ2v) is 4.77. The average molecular weight is 315 g/mol. The predicted octanol–water partition coefficient (Wildman–Crippen LogP) is 0.515. The van der Waals surface area contributed by atoms with Crippen molar-refractivity contribution in [3.05, 3.63) is 36.3 Å². The van der Waals surface area contributed by atoms with Gasteiger partial charge < -0.3 is 21.1 Å². The maximum atomic E-state index is 11.3. The fraction of sp³-hybridized carbons (Fsp3) is 0.214. The quantitative estimate of drug-likeness (QED) is 0.616. The largest absolute Gasteiger partial charge is 0.441 e. The van der Waals surface area contributed by atoms with Gasteiger partial charge in [0.05, 0.1) is 11.4 Å². The first kappa shape index (κ1) is 16.1. The Balaban J connectivity index is 2.10. The van der Waals surface area contributed by atoms with Gasteiger partial charge in [0, 0.05) is 32.1 Å². The number of carbonyl (C=O) groups is 1. The molecule has 0 aliphatic heterocycles. The van der Waals surface area contributed by atoms with Gasteiger partial charge in [-0.1, -0.05) is 6.07 Å². The predicted molar refractivity (Wildman–Crippen MR) is 85.6 cm³/mol. The second-order valence-electron chi connectivity index (χ2n) is 4.77. The third-order valence-electron chi connectivity index (χ3n) is 2.70. The Morgan fingerprint density at radius 3 is 2.57 bits per heavy atom. The van der Waals surface area contributed by atoms with Gasteiger partial charge in [0.2, 0.25) is 5.95 Å². The van der Waals surface area contributed by atoms with E-state index in [0.29, 0.717) is 17.3 Å². The first-order valence-electron chi connectivity index (χ1n) is 6.68. The van der Waals surface area contributed by atoms with Gasteiger partial charge in [-0.25, -0.2) is 19.7 Å². The molecular formula is C14H17N7O2. The number of aliphatic imine (C=N–C) groups is 1. The van der Waals surface area contributed by atoms with Crippen molar-refractivity contribution in [2.45, 2.75) is 6.61 Å². The SMILES string of the molecule is CN(C)c1ncc(-c2cccc(COC(=O)N=C(N)N)n2)cn1. The molecule has 120 valence electrons. The molecule has 0 spiro atoms. The minimum Gasteiger partial charge on any atom is -0.441 e. The van der Waals surface area contributed by atoms with Crippen LogP contribution >= 0.6 is 0 Å². The molecule has 0 fully saturated rings. The van der Waals surface area contributed by atoms with E-state index in [9.17, 15) is 4.79 Å². The highest BCUT2D eigenvalue weighted by Gasteiger charge is 2.06. The molecule has 9 heteroatoms. The number of pyridine rings is 1. The molecule has 0 saturated heterocycles. The normalized spacial score (nSPS) is 10.0. The summed E-state index contributed by atoms with van der Waals surface area (Å²) in [5.41, 5.74) is 12.2. The molecule has 0 aliphatic rings. The maximum absolute atomic E-state index is 11.3. The minimum atomic E-state index is -0.865. The molecule has 2 aromatic rings. The molecule has 2 heterocycles. The number of aromatic nitrogens is 3. The highest BCUT2D eigenvalue weighted by Crippen LogP contribution is 2.17. The van der Waals surface area contributed by atoms with Crippen LogP contribution in [0.15, 0.2) is 35.6 Å². The van der Waals surface area contributed by atoms with Crippen LogP contribution in [0.25, 0.3) is 11.3 Å². The summed E-state index contributed by atoms with van der Waals surface area (Å²) in [5, 5.41) is 0. The van der Waals surface area contributed by atoms with E-state index in [1.807, 2.05) is 20.2 Å². The summed E-state index contributed by atoms with van der Waals surface area (Å²) in [6.45, 7) is -0.0416. The molecular weight excluding hydrogens is 298 g/mol. The summed E-state index contributed by atoms with van der Waals surface area (Å²) in [5.74, 6) is 0.255. The van der Waals surface area contributed by atoms with E-state index in [0.717, 1.165) is 5.56 Å². The van der Waals surface area contributed by atoms with Crippen LogP contribution < -0.4 is 16.4 Å². The lowest BCUT2D eigenvalue weighted by Gasteiger charge is -2.10. The number of carbonyl (C=O) groups excluding carboxylic acids is 1. The van der Waals surface area contributed by atoms with Crippen molar-refractivity contribution in [1.29, 1.82) is 0 Å². The first-order chi connectivity index (χ1) is 11.0. The monoisotopic (exact) mass is 315 g/mol. The molecule has 0 aromatic carbocycles. The van der Waals surface area contributed by atoms with Crippen molar-refractivity contribution in [1.82, 2.24) is 15.0 Å². The van der Waals surface area contributed by atoms with E-state index >= 15 is 0 Å². The summed E-state index contributed by atoms with van der Waals surface area (Å²) >= 11 is 0. The van der Waals surface area contributed by atoms with Crippen molar-refractivity contribution in [2.75, 3.05) is 19.0 Å². The van der Waals surface area contributed by atoms with Gasteiger partial charge in [-0.15, -0.1) is 4.99 Å². The summed E-state index contributed by atoms with van der Waals surface area (Å²) in [6.07, 6.45) is 2.50. The van der Waals surface area contributed by atoms with Crippen LogP contribution in [-0.2, 0) is 11.3 Å². The van der Waals surface area contributed by atoms with Crippen molar-refractivity contribution >= 4 is 18.0 Å². The fourth-order valence-corrected chi connectivity index (χ4v) is 1.68. The van der Waals surface area contributed by atoms with E-state index in [4.69, 9.17) is 16.2 Å². The molecule has 9 nitrogen and oxygen atoms in total. The molecule has 0 aliphatic carbocycles. The van der Waals surface area contributed by atoms with Crippen molar-refractivity contribution in [3.8, 4) is 11.3 Å². The highest BCUT2D eigenvalue weighted by molar-refractivity contribution is 5.87. The number of anilines is 1. The number of rotatable bonds is 4. The van der Waals surface area contributed by atoms with E-state index in [2.05, 4.69) is 19.9 Å². The van der Waals surface area contributed by atoms with Gasteiger partial charge in [-0.2, -0.15) is 0 Å². The summed E-state index contributed by atoms with van der Waals surface area (Å²) in [7, 11) is 3.72. The number of hydrogen-bond donors (Lipinski definition) is 2. The Labute approximate surface area is 133 Å². The zero-order valence-electron chi connectivity index (χ0n) is 12.8. The Morgan fingerprint density at radius 1 is 1.26 bits per heavy atom. The van der Waals surface area contributed by atoms with Gasteiger partial charge in [0.25, 0.3) is 0 Å². The molecule has 0 radical (unpaired) electrons. The van der Waals surface area contributed by atoms with Crippen LogP contribution in [0.5, 0.6) is 0 Å². The average Bonchev–Trinajstić information content (AvgIpc) is 2.53. The van der Waals surface area contributed by atoms with E-state index in [-0.39, 0.29) is 12.6 Å². The van der Waals surface area contributed by atoms with Gasteiger partial charge >= 0.3 is 6.09 Å². The lowest BCUT2D eigenvalue weighted by molar-refractivity contribution is 0.149. The van der Waals surface area contributed by atoms with Crippen LogP contribution in [0.1, 0.15) is 5.69 Å². The topological polar surface area (TPSA) is 133 Å². The Hall–Kier alpha value is -3.23. The molecule has 0 saturated carbocycles. The minimum absolute atomic E-state index is 0.0416.